The number of nitrogens with one attached hydrogen (secondary N) is 1. The van der Waals surface area contributed by atoms with Crippen LogP contribution in [0.5, 0.6) is 0 Å². The molecule has 0 radical (unpaired) electrons. The number of fused-ring (bicyclic) bond motifs is 1. The van der Waals surface area contributed by atoms with E-state index in [1.165, 1.54) is 35.1 Å². The molecule has 21 heavy (non-hydrogen) atoms. The lowest BCUT2D eigenvalue weighted by Crippen LogP contribution is -2.12. The van der Waals surface area contributed by atoms with Crippen molar-refractivity contribution in [3.63, 3.8) is 0 Å². The third kappa shape index (κ3) is 2.89. The van der Waals surface area contributed by atoms with E-state index >= 15 is 0 Å². The molecule has 1 nitrogen and oxygen atoms in total. The third-order valence-corrected chi connectivity index (χ3v) is 4.50. The van der Waals surface area contributed by atoms with Gasteiger partial charge in [-0.1, -0.05) is 56.3 Å². The summed E-state index contributed by atoms with van der Waals surface area (Å²) in [5.74, 6) is 0.704. The molecular weight excluding hydrogens is 254 g/mol. The molecule has 0 spiro atoms. The Morgan fingerprint density at radius 1 is 1.14 bits per heavy atom. The predicted molar refractivity (Wildman–Crippen MR) is 90.5 cm³/mol. The lowest BCUT2D eigenvalue weighted by molar-refractivity contribution is 0.590. The van der Waals surface area contributed by atoms with E-state index in [1.807, 2.05) is 0 Å². The van der Waals surface area contributed by atoms with E-state index in [4.69, 9.17) is 0 Å². The molecule has 1 aliphatic carbocycles. The zero-order chi connectivity index (χ0) is 14.8. The maximum Gasteiger partial charge on any atom is 0.0323 e. The van der Waals surface area contributed by atoms with Crippen molar-refractivity contribution in [2.45, 2.75) is 39.2 Å². The maximum absolute atomic E-state index is 3.44. The van der Waals surface area contributed by atoms with E-state index < -0.39 is 0 Å². The summed E-state index contributed by atoms with van der Waals surface area (Å²) < 4.78 is 0. The highest BCUT2D eigenvalue weighted by molar-refractivity contribution is 5.70. The van der Waals surface area contributed by atoms with Gasteiger partial charge in [-0.25, -0.2) is 0 Å². The maximum atomic E-state index is 3.44. The Bertz CT molecular complexity index is 627. The second kappa shape index (κ2) is 6.03. The Hall–Kier alpha value is -1.60. The fourth-order valence-corrected chi connectivity index (χ4v) is 3.56. The first-order valence-electron chi connectivity index (χ1n) is 8.07. The molecule has 0 saturated heterocycles. The van der Waals surface area contributed by atoms with Crippen molar-refractivity contribution in [2.75, 3.05) is 7.05 Å². The minimum absolute atomic E-state index is 0.527. The molecule has 1 aliphatic rings. The molecule has 2 aromatic carbocycles. The number of hydrogen-bond donors (Lipinski definition) is 1. The van der Waals surface area contributed by atoms with Gasteiger partial charge < -0.3 is 5.32 Å². The normalized spacial score (nSPS) is 17.2. The van der Waals surface area contributed by atoms with Gasteiger partial charge in [0.25, 0.3) is 0 Å². The molecule has 3 rings (SSSR count). The highest BCUT2D eigenvalue weighted by Gasteiger charge is 2.23. The molecule has 0 amide bonds. The Labute approximate surface area is 128 Å². The summed E-state index contributed by atoms with van der Waals surface area (Å²) in [5, 5.41) is 3.44. The smallest absolute Gasteiger partial charge is 0.0323 e. The van der Waals surface area contributed by atoms with Gasteiger partial charge in [0, 0.05) is 6.04 Å². The number of hydrogen-bond acceptors (Lipinski definition) is 1. The van der Waals surface area contributed by atoms with Gasteiger partial charge in [0.2, 0.25) is 0 Å². The van der Waals surface area contributed by atoms with Gasteiger partial charge in [-0.3, -0.25) is 0 Å². The van der Waals surface area contributed by atoms with Crippen molar-refractivity contribution in [2.24, 2.45) is 5.92 Å². The van der Waals surface area contributed by atoms with Crippen molar-refractivity contribution in [3.8, 4) is 11.1 Å². The molecule has 1 heteroatoms. The lowest BCUT2D eigenvalue weighted by atomic mass is 9.93. The Kier molecular flexibility index (Phi) is 4.12. The summed E-state index contributed by atoms with van der Waals surface area (Å²) in [6, 6.07) is 16.4. The van der Waals surface area contributed by atoms with E-state index in [1.54, 1.807) is 5.56 Å². The van der Waals surface area contributed by atoms with Crippen LogP contribution >= 0.6 is 0 Å². The molecule has 2 aromatic rings. The standard InChI is InChI=1S/C20H25N/c1-14(2)12-15-6-4-7-16(13-15)17-8-5-9-19-18(17)10-11-20(19)21-3/h4-9,13-14,20-21H,10-12H2,1-3H3. The van der Waals surface area contributed by atoms with E-state index in [-0.39, 0.29) is 0 Å². The van der Waals surface area contributed by atoms with Gasteiger partial charge in [0.05, 0.1) is 0 Å². The first-order valence-corrected chi connectivity index (χ1v) is 8.07. The zero-order valence-electron chi connectivity index (χ0n) is 13.3. The second-order valence-corrected chi connectivity index (χ2v) is 6.55. The van der Waals surface area contributed by atoms with Crippen LogP contribution in [0.2, 0.25) is 0 Å². The van der Waals surface area contributed by atoms with Gasteiger partial charge in [-0.2, -0.15) is 0 Å². The summed E-state index contributed by atoms with van der Waals surface area (Å²) in [7, 11) is 2.07. The second-order valence-electron chi connectivity index (χ2n) is 6.55. The van der Waals surface area contributed by atoms with Crippen LogP contribution in [0.3, 0.4) is 0 Å². The lowest BCUT2D eigenvalue weighted by Gasteiger charge is -2.13. The van der Waals surface area contributed by atoms with Gasteiger partial charge >= 0.3 is 0 Å². The summed E-state index contributed by atoms with van der Waals surface area (Å²) in [5.41, 5.74) is 7.28. The SMILES string of the molecule is CNC1CCc2c(-c3cccc(CC(C)C)c3)cccc21. The van der Waals surface area contributed by atoms with Crippen LogP contribution in [-0.4, -0.2) is 7.05 Å². The minimum Gasteiger partial charge on any atom is -0.313 e. The number of benzene rings is 2. The van der Waals surface area contributed by atoms with Crippen molar-refractivity contribution in [3.05, 3.63) is 59.2 Å². The fraction of sp³-hybridized carbons (Fsp3) is 0.400. The van der Waals surface area contributed by atoms with Crippen LogP contribution in [0.15, 0.2) is 42.5 Å². The van der Waals surface area contributed by atoms with Crippen molar-refractivity contribution < 1.29 is 0 Å². The van der Waals surface area contributed by atoms with Gasteiger partial charge in [0.1, 0.15) is 0 Å². The molecule has 1 unspecified atom stereocenters. The molecule has 0 saturated carbocycles. The van der Waals surface area contributed by atoms with Crippen molar-refractivity contribution >= 4 is 0 Å². The predicted octanol–water partition coefficient (Wildman–Crippen LogP) is 4.76. The third-order valence-electron chi connectivity index (χ3n) is 4.50. The summed E-state index contributed by atoms with van der Waals surface area (Å²) in [6.07, 6.45) is 3.56. The van der Waals surface area contributed by atoms with Gasteiger partial charge in [-0.05, 0) is 60.0 Å². The molecule has 0 heterocycles. The minimum atomic E-state index is 0.527. The topological polar surface area (TPSA) is 12.0 Å². The monoisotopic (exact) mass is 279 g/mol. The molecule has 0 fully saturated rings. The molecule has 1 N–H and O–H groups in total. The molecular formula is C20H25N. The Morgan fingerprint density at radius 2 is 1.95 bits per heavy atom. The fourth-order valence-electron chi connectivity index (χ4n) is 3.56. The molecule has 110 valence electrons. The largest absolute Gasteiger partial charge is 0.313 e. The van der Waals surface area contributed by atoms with Crippen LogP contribution < -0.4 is 5.32 Å². The van der Waals surface area contributed by atoms with E-state index in [0.29, 0.717) is 12.0 Å². The highest BCUT2D eigenvalue weighted by atomic mass is 14.9. The Balaban J connectivity index is 2.00. The van der Waals surface area contributed by atoms with Crippen LogP contribution in [0, 0.1) is 5.92 Å². The Morgan fingerprint density at radius 3 is 2.71 bits per heavy atom. The molecule has 0 bridgehead atoms. The van der Waals surface area contributed by atoms with E-state index in [2.05, 4.69) is 68.7 Å². The van der Waals surface area contributed by atoms with Crippen LogP contribution in [-0.2, 0) is 12.8 Å². The molecule has 0 aromatic heterocycles. The average molecular weight is 279 g/mol. The summed E-state index contributed by atoms with van der Waals surface area (Å²) in [4.78, 5) is 0. The average Bonchev–Trinajstić information content (AvgIpc) is 2.89. The van der Waals surface area contributed by atoms with Gasteiger partial charge in [-0.15, -0.1) is 0 Å². The van der Waals surface area contributed by atoms with Crippen molar-refractivity contribution in [1.82, 2.24) is 5.32 Å². The van der Waals surface area contributed by atoms with Gasteiger partial charge in [0.15, 0.2) is 0 Å². The summed E-state index contributed by atoms with van der Waals surface area (Å²) in [6.45, 7) is 4.56. The first kappa shape index (κ1) is 14.3. The van der Waals surface area contributed by atoms with E-state index in [9.17, 15) is 0 Å². The number of rotatable bonds is 4. The molecule has 1 atom stereocenters. The zero-order valence-corrected chi connectivity index (χ0v) is 13.3. The quantitative estimate of drug-likeness (QED) is 0.851. The van der Waals surface area contributed by atoms with E-state index in [0.717, 1.165) is 6.42 Å². The molecule has 0 aliphatic heterocycles. The highest BCUT2D eigenvalue weighted by Crippen LogP contribution is 2.37. The van der Waals surface area contributed by atoms with Crippen molar-refractivity contribution in [1.29, 1.82) is 0 Å². The summed E-state index contributed by atoms with van der Waals surface area (Å²) >= 11 is 0. The van der Waals surface area contributed by atoms with Crippen LogP contribution in [0.1, 0.15) is 43.0 Å². The van der Waals surface area contributed by atoms with Crippen LogP contribution in [0.4, 0.5) is 0 Å². The first-order chi connectivity index (χ1) is 10.2. The van der Waals surface area contributed by atoms with Crippen LogP contribution in [0.25, 0.3) is 11.1 Å².